The van der Waals surface area contributed by atoms with Crippen LogP contribution in [0.3, 0.4) is 0 Å². The maximum Gasteiger partial charge on any atom is 0.247 e. The van der Waals surface area contributed by atoms with Crippen LogP contribution in [-0.2, 0) is 10.3 Å². The molecule has 0 atom stereocenters. The van der Waals surface area contributed by atoms with E-state index >= 15 is 0 Å². The smallest absolute Gasteiger partial charge is 0.247 e. The molecule has 0 unspecified atom stereocenters. The van der Waals surface area contributed by atoms with Gasteiger partial charge in [-0.1, -0.05) is 28.4 Å². The van der Waals surface area contributed by atoms with Gasteiger partial charge in [0.15, 0.2) is 0 Å². The van der Waals surface area contributed by atoms with Crippen LogP contribution in [0.1, 0.15) is 18.7 Å². The molecule has 1 fully saturated rings. The Bertz CT molecular complexity index is 626. The number of aromatic nitrogens is 3. The molecule has 2 aromatic heterocycles. The van der Waals surface area contributed by atoms with Crippen molar-refractivity contribution in [2.24, 2.45) is 5.73 Å². The molecular weight excluding hydrogens is 303 g/mol. The second-order valence-corrected chi connectivity index (χ2v) is 5.52. The van der Waals surface area contributed by atoms with Crippen LogP contribution in [0, 0.1) is 0 Å². The Kier molecular flexibility index (Phi) is 3.64. The summed E-state index contributed by atoms with van der Waals surface area (Å²) in [4.78, 5) is 8.43. The Morgan fingerprint density at radius 2 is 2.00 bits per heavy atom. The van der Waals surface area contributed by atoms with Crippen LogP contribution >= 0.6 is 23.2 Å². The van der Waals surface area contributed by atoms with Crippen molar-refractivity contribution in [3.63, 3.8) is 0 Å². The van der Waals surface area contributed by atoms with Crippen LogP contribution in [0.5, 0.6) is 0 Å². The van der Waals surface area contributed by atoms with Gasteiger partial charge in [-0.05, 0) is 18.9 Å². The molecule has 0 radical (unpaired) electrons. The molecule has 2 aromatic rings. The molecule has 20 heavy (non-hydrogen) atoms. The molecule has 3 rings (SSSR count). The van der Waals surface area contributed by atoms with E-state index in [4.69, 9.17) is 38.2 Å². The molecule has 8 heteroatoms. The van der Waals surface area contributed by atoms with Gasteiger partial charge in [0.25, 0.3) is 0 Å². The Morgan fingerprint density at radius 1 is 1.25 bits per heavy atom. The summed E-state index contributed by atoms with van der Waals surface area (Å²) in [7, 11) is 0. The highest BCUT2D eigenvalue weighted by Gasteiger charge is 2.36. The summed E-state index contributed by atoms with van der Waals surface area (Å²) >= 11 is 11.9. The second-order valence-electron chi connectivity index (χ2n) is 4.68. The third kappa shape index (κ3) is 2.52. The van der Waals surface area contributed by atoms with Gasteiger partial charge in [-0.2, -0.15) is 4.98 Å². The van der Waals surface area contributed by atoms with E-state index in [0.29, 0.717) is 53.5 Å². The normalized spacial score (nSPS) is 18.1. The van der Waals surface area contributed by atoms with E-state index in [1.165, 1.54) is 6.20 Å². The molecule has 0 bridgehead atoms. The van der Waals surface area contributed by atoms with E-state index in [1.807, 2.05) is 0 Å². The van der Waals surface area contributed by atoms with E-state index < -0.39 is 5.54 Å². The predicted octanol–water partition coefficient (Wildman–Crippen LogP) is 2.40. The highest BCUT2D eigenvalue weighted by molar-refractivity contribution is 6.35. The molecule has 1 aliphatic rings. The fourth-order valence-electron chi connectivity index (χ4n) is 2.05. The van der Waals surface area contributed by atoms with Crippen molar-refractivity contribution in [2.45, 2.75) is 18.4 Å². The minimum absolute atomic E-state index is 0.304. The molecule has 1 saturated heterocycles. The van der Waals surface area contributed by atoms with Crippen molar-refractivity contribution in [3.8, 4) is 11.5 Å². The van der Waals surface area contributed by atoms with Crippen molar-refractivity contribution in [3.05, 3.63) is 28.2 Å². The average Bonchev–Trinajstić information content (AvgIpc) is 2.90. The molecule has 106 valence electrons. The lowest BCUT2D eigenvalue weighted by atomic mass is 9.91. The zero-order chi connectivity index (χ0) is 14.2. The number of nitrogens with two attached hydrogens (primary N) is 1. The van der Waals surface area contributed by atoms with Gasteiger partial charge in [0.2, 0.25) is 11.7 Å². The molecule has 0 saturated carbocycles. The first-order valence-corrected chi connectivity index (χ1v) is 6.86. The van der Waals surface area contributed by atoms with Gasteiger partial charge < -0.3 is 15.0 Å². The first-order valence-electron chi connectivity index (χ1n) is 6.11. The van der Waals surface area contributed by atoms with Gasteiger partial charge in [0.1, 0.15) is 11.2 Å². The van der Waals surface area contributed by atoms with Crippen molar-refractivity contribution < 1.29 is 9.26 Å². The Balaban J connectivity index is 1.93. The third-order valence-corrected chi connectivity index (χ3v) is 3.75. The van der Waals surface area contributed by atoms with Crippen LogP contribution in [0.15, 0.2) is 16.8 Å². The molecule has 0 amide bonds. The topological polar surface area (TPSA) is 87.1 Å². The molecule has 3 heterocycles. The van der Waals surface area contributed by atoms with E-state index in [-0.39, 0.29) is 0 Å². The highest BCUT2D eigenvalue weighted by Crippen LogP contribution is 2.31. The predicted molar refractivity (Wildman–Crippen MR) is 73.5 cm³/mol. The highest BCUT2D eigenvalue weighted by atomic mass is 35.5. The lowest BCUT2D eigenvalue weighted by Crippen LogP contribution is -2.42. The van der Waals surface area contributed by atoms with Gasteiger partial charge in [-0.25, -0.2) is 4.98 Å². The fourth-order valence-corrected chi connectivity index (χ4v) is 2.52. The Morgan fingerprint density at radius 3 is 2.70 bits per heavy atom. The van der Waals surface area contributed by atoms with Crippen LogP contribution in [0.4, 0.5) is 0 Å². The van der Waals surface area contributed by atoms with Gasteiger partial charge in [0.05, 0.1) is 10.0 Å². The minimum atomic E-state index is -0.650. The molecule has 0 aromatic carbocycles. The zero-order valence-corrected chi connectivity index (χ0v) is 12.0. The summed E-state index contributed by atoms with van der Waals surface area (Å²) in [5.74, 6) is 0.682. The Hall–Kier alpha value is -1.21. The number of hydrogen-bond acceptors (Lipinski definition) is 6. The Labute approximate surface area is 125 Å². The monoisotopic (exact) mass is 314 g/mol. The van der Waals surface area contributed by atoms with Crippen molar-refractivity contribution in [1.29, 1.82) is 0 Å². The summed E-state index contributed by atoms with van der Waals surface area (Å²) in [5.41, 5.74) is 6.05. The molecule has 0 spiro atoms. The molecular formula is C12H12Cl2N4O2. The number of ether oxygens (including phenoxy) is 1. The molecule has 1 aliphatic heterocycles. The van der Waals surface area contributed by atoms with Crippen molar-refractivity contribution in [1.82, 2.24) is 15.1 Å². The number of hydrogen-bond donors (Lipinski definition) is 1. The third-order valence-electron chi connectivity index (χ3n) is 3.26. The fraction of sp³-hybridized carbons (Fsp3) is 0.417. The first-order chi connectivity index (χ1) is 9.58. The van der Waals surface area contributed by atoms with E-state index in [2.05, 4.69) is 15.1 Å². The summed E-state index contributed by atoms with van der Waals surface area (Å²) in [6, 6.07) is 1.58. The lowest BCUT2D eigenvalue weighted by molar-refractivity contribution is 0.0400. The molecule has 6 nitrogen and oxygen atoms in total. The molecule has 2 N–H and O–H groups in total. The van der Waals surface area contributed by atoms with Crippen molar-refractivity contribution >= 4 is 23.2 Å². The number of rotatable bonds is 2. The van der Waals surface area contributed by atoms with Crippen LogP contribution in [-0.4, -0.2) is 28.3 Å². The maximum absolute atomic E-state index is 6.28. The largest absolute Gasteiger partial charge is 0.381 e. The standard InChI is InChI=1S/C12H12Cl2N4O2/c13-7-5-8(14)9(16-6-7)10-17-11(20-18-10)12(15)1-3-19-4-2-12/h5-6H,1-4,15H2. The summed E-state index contributed by atoms with van der Waals surface area (Å²) in [6.45, 7) is 1.16. The summed E-state index contributed by atoms with van der Waals surface area (Å²) in [5, 5.41) is 4.71. The second kappa shape index (κ2) is 5.29. The van der Waals surface area contributed by atoms with Crippen LogP contribution < -0.4 is 5.73 Å². The van der Waals surface area contributed by atoms with E-state index in [1.54, 1.807) is 6.07 Å². The lowest BCUT2D eigenvalue weighted by Gasteiger charge is -2.29. The van der Waals surface area contributed by atoms with E-state index in [0.717, 1.165) is 0 Å². The SMILES string of the molecule is NC1(c2nc(-c3ncc(Cl)cc3Cl)no2)CCOCC1. The first kappa shape index (κ1) is 13.8. The van der Waals surface area contributed by atoms with Gasteiger partial charge >= 0.3 is 0 Å². The van der Waals surface area contributed by atoms with Gasteiger partial charge in [-0.3, -0.25) is 0 Å². The van der Waals surface area contributed by atoms with Crippen LogP contribution in [0.25, 0.3) is 11.5 Å². The summed E-state index contributed by atoms with van der Waals surface area (Å²) in [6.07, 6.45) is 2.75. The summed E-state index contributed by atoms with van der Waals surface area (Å²) < 4.78 is 10.6. The van der Waals surface area contributed by atoms with Crippen molar-refractivity contribution in [2.75, 3.05) is 13.2 Å². The maximum atomic E-state index is 6.28. The average molecular weight is 315 g/mol. The van der Waals surface area contributed by atoms with E-state index in [9.17, 15) is 0 Å². The van der Waals surface area contributed by atoms with Gasteiger partial charge in [0, 0.05) is 19.4 Å². The minimum Gasteiger partial charge on any atom is -0.381 e. The molecule has 0 aliphatic carbocycles. The zero-order valence-electron chi connectivity index (χ0n) is 10.5. The quantitative estimate of drug-likeness (QED) is 0.915. The number of halogens is 2. The van der Waals surface area contributed by atoms with Crippen LogP contribution in [0.2, 0.25) is 10.0 Å². The number of nitrogens with zero attached hydrogens (tertiary/aromatic N) is 3. The number of pyridine rings is 1. The van der Waals surface area contributed by atoms with Gasteiger partial charge in [-0.15, -0.1) is 0 Å².